The van der Waals surface area contributed by atoms with E-state index < -0.39 is 11.0 Å². The third-order valence-electron chi connectivity index (χ3n) is 2.20. The lowest BCUT2D eigenvalue weighted by atomic mass is 10.3. The Hall–Kier alpha value is -2.01. The number of nitrogens with zero attached hydrogens (tertiary/aromatic N) is 1. The Balaban J connectivity index is 2.45. The van der Waals surface area contributed by atoms with E-state index in [2.05, 4.69) is 6.58 Å². The molecule has 1 heterocycles. The van der Waals surface area contributed by atoms with Crippen LogP contribution in [0, 0.1) is 0 Å². The number of thioether (sulfide) groups is 1. The predicted molar refractivity (Wildman–Crippen MR) is 71.5 cm³/mol. The Morgan fingerprint density at radius 2 is 2.17 bits per heavy atom. The molecule has 0 saturated heterocycles. The maximum Gasteiger partial charge on any atom is 0.331 e. The van der Waals surface area contributed by atoms with Gasteiger partial charge in [0.25, 0.3) is 0 Å². The van der Waals surface area contributed by atoms with E-state index in [1.165, 1.54) is 6.26 Å². The highest BCUT2D eigenvalue weighted by Gasteiger charge is 2.05. The summed E-state index contributed by atoms with van der Waals surface area (Å²) >= 11 is 1.59. The molecule has 92 valence electrons. The Kier molecular flexibility index (Phi) is 3.84. The fourth-order valence-corrected chi connectivity index (χ4v) is 2.09. The molecule has 0 fully saturated rings. The minimum Gasteiger partial charge on any atom is -0.379 e. The van der Waals surface area contributed by atoms with Crippen LogP contribution in [-0.2, 0) is 0 Å². The van der Waals surface area contributed by atoms with E-state index >= 15 is 0 Å². The molecule has 4 nitrogen and oxygen atoms in total. The number of hydrogen-bond donors (Lipinski definition) is 0. The van der Waals surface area contributed by atoms with Gasteiger partial charge in [0, 0.05) is 16.7 Å². The molecule has 0 aliphatic carbocycles. The third kappa shape index (κ3) is 2.62. The van der Waals surface area contributed by atoms with Crippen LogP contribution in [0.15, 0.2) is 68.3 Å². The van der Waals surface area contributed by atoms with Crippen LogP contribution >= 0.6 is 11.8 Å². The zero-order chi connectivity index (χ0) is 13.0. The predicted octanol–water partition coefficient (Wildman–Crippen LogP) is 2.07. The van der Waals surface area contributed by atoms with Gasteiger partial charge >= 0.3 is 5.56 Å². The summed E-state index contributed by atoms with van der Waals surface area (Å²) in [5.74, 6) is 0.775. The lowest BCUT2D eigenvalue weighted by Crippen LogP contribution is -2.31. The van der Waals surface area contributed by atoms with E-state index in [1.54, 1.807) is 36.0 Å². The molecule has 0 bridgehead atoms. The smallest absolute Gasteiger partial charge is 0.331 e. The molecule has 0 spiro atoms. The molecule has 0 aliphatic heterocycles. The van der Waals surface area contributed by atoms with E-state index in [4.69, 9.17) is 4.52 Å². The van der Waals surface area contributed by atoms with Crippen LogP contribution in [0.2, 0.25) is 0 Å². The highest BCUT2D eigenvalue weighted by molar-refractivity contribution is 7.99. The van der Waals surface area contributed by atoms with Crippen LogP contribution in [0.5, 0.6) is 0 Å². The second-order valence-corrected chi connectivity index (χ2v) is 4.56. The molecule has 1 aromatic heterocycles. The van der Waals surface area contributed by atoms with E-state index in [0.717, 1.165) is 21.5 Å². The van der Waals surface area contributed by atoms with Gasteiger partial charge in [-0.15, -0.1) is 23.1 Å². The average Bonchev–Trinajstić information content (AvgIpc) is 2.40. The van der Waals surface area contributed by atoms with Gasteiger partial charge in [-0.05, 0) is 18.2 Å². The fourth-order valence-electron chi connectivity index (χ4n) is 1.41. The summed E-state index contributed by atoms with van der Waals surface area (Å²) in [5.41, 5.74) is -0.750. The van der Waals surface area contributed by atoms with E-state index in [0.29, 0.717) is 5.69 Å². The van der Waals surface area contributed by atoms with Gasteiger partial charge < -0.3 is 4.52 Å². The van der Waals surface area contributed by atoms with Crippen molar-refractivity contribution in [2.45, 2.75) is 4.90 Å². The molecule has 2 rings (SSSR count). The van der Waals surface area contributed by atoms with Gasteiger partial charge in [-0.25, -0.2) is 0 Å². The molecule has 18 heavy (non-hydrogen) atoms. The normalized spacial score (nSPS) is 10.2. The van der Waals surface area contributed by atoms with Crippen molar-refractivity contribution < 1.29 is 4.52 Å². The van der Waals surface area contributed by atoms with Gasteiger partial charge in [0.2, 0.25) is 5.43 Å². The summed E-state index contributed by atoms with van der Waals surface area (Å²) in [5, 5.41) is 0. The van der Waals surface area contributed by atoms with Gasteiger partial charge in [0.05, 0.1) is 5.69 Å². The zero-order valence-corrected chi connectivity index (χ0v) is 10.4. The van der Waals surface area contributed by atoms with Crippen LogP contribution < -0.4 is 11.0 Å². The van der Waals surface area contributed by atoms with Crippen molar-refractivity contribution in [1.82, 2.24) is 4.74 Å². The Morgan fingerprint density at radius 1 is 1.33 bits per heavy atom. The van der Waals surface area contributed by atoms with Crippen molar-refractivity contribution in [3.63, 3.8) is 0 Å². The molecule has 0 atom stereocenters. The maximum absolute atomic E-state index is 11.6. The molecule has 2 aromatic rings. The van der Waals surface area contributed by atoms with Gasteiger partial charge in [0.15, 0.2) is 0 Å². The molecule has 0 aliphatic rings. The summed E-state index contributed by atoms with van der Waals surface area (Å²) in [4.78, 5) is 23.9. The average molecular weight is 261 g/mol. The highest BCUT2D eigenvalue weighted by Crippen LogP contribution is 2.20. The molecule has 1 aromatic carbocycles. The van der Waals surface area contributed by atoms with Crippen molar-refractivity contribution >= 4 is 11.8 Å². The number of rotatable bonds is 4. The minimum absolute atomic E-state index is 0.534. The lowest BCUT2D eigenvalue weighted by Gasteiger charge is -2.04. The largest absolute Gasteiger partial charge is 0.379 e. The first kappa shape index (κ1) is 12.4. The molecule has 0 unspecified atom stereocenters. The molecule has 0 N–H and O–H groups in total. The van der Waals surface area contributed by atoms with Crippen molar-refractivity contribution in [1.29, 1.82) is 0 Å². The SMILES string of the molecule is C=CCSc1cccc(-n2occc(=O)c2=O)c1. The molecule has 0 radical (unpaired) electrons. The molecular formula is C13H11NO3S. The van der Waals surface area contributed by atoms with Gasteiger partial charge in [0.1, 0.15) is 6.26 Å². The van der Waals surface area contributed by atoms with Gasteiger partial charge in [-0.3, -0.25) is 9.59 Å². The Bertz CT molecular complexity index is 672. The summed E-state index contributed by atoms with van der Waals surface area (Å²) in [6.45, 7) is 3.65. The second kappa shape index (κ2) is 5.55. The van der Waals surface area contributed by atoms with E-state index in [1.807, 2.05) is 6.07 Å². The van der Waals surface area contributed by atoms with Crippen LogP contribution in [0.1, 0.15) is 0 Å². The quantitative estimate of drug-likeness (QED) is 0.480. The lowest BCUT2D eigenvalue weighted by molar-refractivity contribution is 0.314. The first-order chi connectivity index (χ1) is 8.72. The monoisotopic (exact) mass is 261 g/mol. The highest BCUT2D eigenvalue weighted by atomic mass is 32.2. The molecule has 5 heteroatoms. The first-order valence-corrected chi connectivity index (χ1v) is 6.26. The summed E-state index contributed by atoms with van der Waals surface area (Å²) in [6, 6.07) is 8.33. The van der Waals surface area contributed by atoms with Crippen molar-refractivity contribution in [2.75, 3.05) is 5.75 Å². The zero-order valence-electron chi connectivity index (χ0n) is 9.54. The van der Waals surface area contributed by atoms with Crippen LogP contribution in [0.4, 0.5) is 0 Å². The van der Waals surface area contributed by atoms with E-state index in [-0.39, 0.29) is 0 Å². The first-order valence-electron chi connectivity index (χ1n) is 5.28. The summed E-state index contributed by atoms with van der Waals surface area (Å²) in [6.07, 6.45) is 3.00. The molecule has 0 saturated carbocycles. The number of hydrogen-bond acceptors (Lipinski definition) is 4. The number of benzene rings is 1. The van der Waals surface area contributed by atoms with Gasteiger partial charge in [-0.1, -0.05) is 12.1 Å². The Labute approximate surface area is 108 Å². The third-order valence-corrected chi connectivity index (χ3v) is 3.19. The summed E-state index contributed by atoms with van der Waals surface area (Å²) < 4.78 is 6.05. The maximum atomic E-state index is 11.6. The van der Waals surface area contributed by atoms with Gasteiger partial charge in [-0.2, -0.15) is 0 Å². The second-order valence-electron chi connectivity index (χ2n) is 3.47. The molecule has 0 amide bonds. The van der Waals surface area contributed by atoms with Crippen LogP contribution in [0.25, 0.3) is 5.69 Å². The van der Waals surface area contributed by atoms with Crippen LogP contribution in [0.3, 0.4) is 0 Å². The van der Waals surface area contributed by atoms with Crippen molar-refractivity contribution in [3.8, 4) is 5.69 Å². The van der Waals surface area contributed by atoms with Crippen molar-refractivity contribution in [2.24, 2.45) is 0 Å². The molecular weight excluding hydrogens is 250 g/mol. The summed E-state index contributed by atoms with van der Waals surface area (Å²) in [7, 11) is 0. The fraction of sp³-hybridized carbons (Fsp3) is 0.0769. The van der Waals surface area contributed by atoms with Crippen molar-refractivity contribution in [3.05, 3.63) is 69.8 Å². The topological polar surface area (TPSA) is 52.2 Å². The minimum atomic E-state index is -0.691. The Morgan fingerprint density at radius 3 is 2.94 bits per heavy atom. The number of aromatic nitrogens is 1. The van der Waals surface area contributed by atoms with Crippen LogP contribution in [-0.4, -0.2) is 10.5 Å². The standard InChI is InChI=1S/C13H11NO3S/c1-2-8-18-11-5-3-4-10(9-11)14-13(16)12(15)6-7-17-14/h2-7,9H,1,8H2. The van der Waals surface area contributed by atoms with E-state index in [9.17, 15) is 9.59 Å².